The van der Waals surface area contributed by atoms with Crippen LogP contribution in [0.15, 0.2) is 36.7 Å². The topological polar surface area (TPSA) is 58.3 Å². The minimum atomic E-state index is 0.644. The third-order valence-electron chi connectivity index (χ3n) is 4.79. The van der Waals surface area contributed by atoms with Crippen molar-refractivity contribution in [3.8, 4) is 0 Å². The maximum atomic E-state index is 4.62. The maximum absolute atomic E-state index is 4.62. The zero-order chi connectivity index (χ0) is 18.4. The van der Waals surface area contributed by atoms with Gasteiger partial charge in [-0.2, -0.15) is 14.6 Å². The van der Waals surface area contributed by atoms with Crippen molar-refractivity contribution in [1.82, 2.24) is 24.5 Å². The van der Waals surface area contributed by atoms with E-state index in [1.807, 2.05) is 17.5 Å². The Morgan fingerprint density at radius 1 is 1.12 bits per heavy atom. The average Bonchev–Trinajstić information content (AvgIpc) is 3.12. The van der Waals surface area contributed by atoms with Crippen molar-refractivity contribution in [2.24, 2.45) is 0 Å². The minimum absolute atomic E-state index is 0.644. The second-order valence-corrected chi connectivity index (χ2v) is 6.47. The Morgan fingerprint density at radius 2 is 1.88 bits per heavy atom. The molecule has 2 aromatic heterocycles. The molecule has 0 saturated heterocycles. The van der Waals surface area contributed by atoms with Crippen molar-refractivity contribution in [3.63, 3.8) is 0 Å². The standard InChI is InChI=1S/C20H28N6/c1-4-25(5-2)13-9-12-21-19-18(14-17-10-7-6-8-11-17)16(3)24-20-22-15-23-26(19)20/h6-8,10-11,15,21H,4-5,9,12-14H2,1-3H3. The molecule has 0 aliphatic carbocycles. The number of hydrogen-bond donors (Lipinski definition) is 1. The smallest absolute Gasteiger partial charge is 0.254 e. The van der Waals surface area contributed by atoms with Gasteiger partial charge in [-0.1, -0.05) is 44.2 Å². The van der Waals surface area contributed by atoms with Crippen LogP contribution in [0.1, 0.15) is 37.1 Å². The lowest BCUT2D eigenvalue weighted by Gasteiger charge is -2.19. The largest absolute Gasteiger partial charge is 0.370 e. The Morgan fingerprint density at radius 3 is 2.62 bits per heavy atom. The van der Waals surface area contributed by atoms with Crippen LogP contribution >= 0.6 is 0 Å². The average molecular weight is 352 g/mol. The zero-order valence-corrected chi connectivity index (χ0v) is 15.9. The predicted octanol–water partition coefficient (Wildman–Crippen LogP) is 3.17. The molecule has 2 heterocycles. The molecule has 26 heavy (non-hydrogen) atoms. The van der Waals surface area contributed by atoms with E-state index in [2.05, 4.69) is 63.4 Å². The van der Waals surface area contributed by atoms with E-state index in [-0.39, 0.29) is 0 Å². The van der Waals surface area contributed by atoms with Gasteiger partial charge in [-0.3, -0.25) is 0 Å². The lowest BCUT2D eigenvalue weighted by molar-refractivity contribution is 0.303. The summed E-state index contributed by atoms with van der Waals surface area (Å²) in [7, 11) is 0. The van der Waals surface area contributed by atoms with E-state index in [9.17, 15) is 0 Å². The molecule has 0 fully saturated rings. The highest BCUT2D eigenvalue weighted by Gasteiger charge is 2.14. The second-order valence-electron chi connectivity index (χ2n) is 6.47. The summed E-state index contributed by atoms with van der Waals surface area (Å²) in [5, 5.41) is 7.98. The molecule has 0 spiro atoms. The Balaban J connectivity index is 1.82. The van der Waals surface area contributed by atoms with Crippen molar-refractivity contribution >= 4 is 11.6 Å². The van der Waals surface area contributed by atoms with Gasteiger partial charge >= 0.3 is 0 Å². The van der Waals surface area contributed by atoms with Gasteiger partial charge in [0.15, 0.2) is 0 Å². The van der Waals surface area contributed by atoms with Gasteiger partial charge in [-0.05, 0) is 38.5 Å². The molecule has 0 aliphatic heterocycles. The molecule has 0 unspecified atom stereocenters. The summed E-state index contributed by atoms with van der Waals surface area (Å²) in [5.74, 6) is 1.65. The van der Waals surface area contributed by atoms with Crippen molar-refractivity contribution in [3.05, 3.63) is 53.5 Å². The molecule has 0 aliphatic rings. The highest BCUT2D eigenvalue weighted by atomic mass is 15.4. The fourth-order valence-electron chi connectivity index (χ4n) is 3.23. The predicted molar refractivity (Wildman–Crippen MR) is 106 cm³/mol. The summed E-state index contributed by atoms with van der Waals surface area (Å²) in [6.45, 7) is 10.7. The van der Waals surface area contributed by atoms with Crippen LogP contribution in [0, 0.1) is 6.92 Å². The molecule has 1 N–H and O–H groups in total. The first-order valence-electron chi connectivity index (χ1n) is 9.42. The summed E-state index contributed by atoms with van der Waals surface area (Å²) >= 11 is 0. The number of hydrogen-bond acceptors (Lipinski definition) is 5. The zero-order valence-electron chi connectivity index (χ0n) is 15.9. The first-order valence-corrected chi connectivity index (χ1v) is 9.42. The highest BCUT2D eigenvalue weighted by Crippen LogP contribution is 2.22. The normalized spacial score (nSPS) is 11.4. The number of nitrogens with one attached hydrogen (secondary N) is 1. The molecule has 6 nitrogen and oxygen atoms in total. The van der Waals surface area contributed by atoms with Crippen LogP contribution in [-0.4, -0.2) is 50.7 Å². The van der Waals surface area contributed by atoms with Crippen LogP contribution in [0.3, 0.4) is 0 Å². The van der Waals surface area contributed by atoms with Gasteiger partial charge in [-0.25, -0.2) is 4.98 Å². The summed E-state index contributed by atoms with van der Waals surface area (Å²) in [6.07, 6.45) is 3.48. The van der Waals surface area contributed by atoms with Crippen LogP contribution in [0.5, 0.6) is 0 Å². The van der Waals surface area contributed by atoms with Gasteiger partial charge in [-0.15, -0.1) is 0 Å². The van der Waals surface area contributed by atoms with Crippen molar-refractivity contribution in [1.29, 1.82) is 0 Å². The van der Waals surface area contributed by atoms with Crippen LogP contribution in [-0.2, 0) is 6.42 Å². The first kappa shape index (κ1) is 18.3. The highest BCUT2D eigenvalue weighted by molar-refractivity contribution is 5.54. The molecule has 3 rings (SSSR count). The van der Waals surface area contributed by atoms with E-state index in [0.29, 0.717) is 5.78 Å². The molecular formula is C20H28N6. The van der Waals surface area contributed by atoms with Crippen molar-refractivity contribution < 1.29 is 0 Å². The third-order valence-corrected chi connectivity index (χ3v) is 4.79. The summed E-state index contributed by atoms with van der Waals surface area (Å²) in [4.78, 5) is 11.3. The van der Waals surface area contributed by atoms with Crippen LogP contribution in [0.4, 0.5) is 5.82 Å². The summed E-state index contributed by atoms with van der Waals surface area (Å²) in [6, 6.07) is 10.5. The van der Waals surface area contributed by atoms with E-state index in [0.717, 1.165) is 50.5 Å². The maximum Gasteiger partial charge on any atom is 0.254 e. The molecule has 0 saturated carbocycles. The lowest BCUT2D eigenvalue weighted by Crippen LogP contribution is -2.25. The quantitative estimate of drug-likeness (QED) is 0.600. The SMILES string of the molecule is CCN(CC)CCCNc1c(Cc2ccccc2)c(C)nc2ncnn12. The Bertz CT molecular complexity index is 823. The van der Waals surface area contributed by atoms with Gasteiger partial charge in [0.1, 0.15) is 12.1 Å². The third kappa shape index (κ3) is 4.19. The van der Waals surface area contributed by atoms with Gasteiger partial charge < -0.3 is 10.2 Å². The molecule has 3 aromatic rings. The van der Waals surface area contributed by atoms with Crippen LogP contribution in [0.2, 0.25) is 0 Å². The first-order chi connectivity index (χ1) is 12.7. The molecule has 138 valence electrons. The number of aryl methyl sites for hydroxylation is 1. The summed E-state index contributed by atoms with van der Waals surface area (Å²) < 4.78 is 1.82. The number of fused-ring (bicyclic) bond motifs is 1. The Kier molecular flexibility index (Phi) is 6.17. The van der Waals surface area contributed by atoms with Gasteiger partial charge in [0, 0.05) is 24.2 Å². The number of nitrogens with zero attached hydrogens (tertiary/aromatic N) is 5. The number of aromatic nitrogens is 4. The van der Waals surface area contributed by atoms with E-state index >= 15 is 0 Å². The number of anilines is 1. The number of benzene rings is 1. The molecule has 0 atom stereocenters. The summed E-state index contributed by atoms with van der Waals surface area (Å²) in [5.41, 5.74) is 3.45. The minimum Gasteiger partial charge on any atom is -0.370 e. The van der Waals surface area contributed by atoms with Crippen LogP contribution in [0.25, 0.3) is 5.78 Å². The molecule has 0 radical (unpaired) electrons. The Hall–Kier alpha value is -2.47. The fraction of sp³-hybridized carbons (Fsp3) is 0.450. The lowest BCUT2D eigenvalue weighted by atomic mass is 10.0. The van der Waals surface area contributed by atoms with E-state index in [1.54, 1.807) is 6.33 Å². The Labute approximate surface area is 155 Å². The van der Waals surface area contributed by atoms with E-state index in [4.69, 9.17) is 0 Å². The monoisotopic (exact) mass is 352 g/mol. The molecule has 0 bridgehead atoms. The van der Waals surface area contributed by atoms with Gasteiger partial charge in [0.05, 0.1) is 0 Å². The van der Waals surface area contributed by atoms with Crippen molar-refractivity contribution in [2.75, 3.05) is 31.5 Å². The molecule has 0 amide bonds. The van der Waals surface area contributed by atoms with Crippen LogP contribution < -0.4 is 5.32 Å². The molecule has 1 aromatic carbocycles. The van der Waals surface area contributed by atoms with Crippen molar-refractivity contribution in [2.45, 2.75) is 33.6 Å². The number of rotatable bonds is 9. The second kappa shape index (κ2) is 8.76. The van der Waals surface area contributed by atoms with Gasteiger partial charge in [0.25, 0.3) is 5.78 Å². The van der Waals surface area contributed by atoms with E-state index in [1.165, 1.54) is 11.1 Å². The van der Waals surface area contributed by atoms with E-state index < -0.39 is 0 Å². The van der Waals surface area contributed by atoms with Gasteiger partial charge in [0.2, 0.25) is 0 Å². The fourth-order valence-corrected chi connectivity index (χ4v) is 3.23. The molecule has 6 heteroatoms. The molecular weight excluding hydrogens is 324 g/mol.